The molecule has 1 aromatic heterocycles. The van der Waals surface area contributed by atoms with Gasteiger partial charge in [0.1, 0.15) is 11.4 Å². The molecule has 131 valence electrons. The van der Waals surface area contributed by atoms with E-state index in [-0.39, 0.29) is 29.6 Å². The van der Waals surface area contributed by atoms with Gasteiger partial charge in [-0.15, -0.1) is 11.8 Å². The first-order chi connectivity index (χ1) is 12.2. The first-order valence-corrected chi connectivity index (χ1v) is 8.79. The standard InChI is InChI=1S/C18H19N3O3S.Na/c1-22-14-9-12(10-15(23-2)18(14)24-3)17-16(19-21-20-17)11-5-7-13(25-4)8-6-11;/h5-10H,1-4H3,(H,19,20,21);. The summed E-state index contributed by atoms with van der Waals surface area (Å²) < 4.78 is 16.2. The van der Waals surface area contributed by atoms with Gasteiger partial charge in [0.15, 0.2) is 11.5 Å². The van der Waals surface area contributed by atoms with Gasteiger partial charge in [-0.3, -0.25) is 0 Å². The van der Waals surface area contributed by atoms with Crippen LogP contribution in [0.4, 0.5) is 0 Å². The zero-order valence-electron chi connectivity index (χ0n) is 15.5. The van der Waals surface area contributed by atoms with Crippen molar-refractivity contribution in [2.24, 2.45) is 0 Å². The second-order valence-electron chi connectivity index (χ2n) is 5.16. The van der Waals surface area contributed by atoms with Gasteiger partial charge in [0.25, 0.3) is 0 Å². The minimum Gasteiger partial charge on any atom is -0.493 e. The molecular weight excluding hydrogens is 361 g/mol. The number of benzene rings is 2. The molecule has 3 aromatic rings. The normalized spacial score (nSPS) is 10.2. The minimum absolute atomic E-state index is 0. The summed E-state index contributed by atoms with van der Waals surface area (Å²) in [5.41, 5.74) is 3.29. The van der Waals surface area contributed by atoms with Crippen LogP contribution < -0.4 is 14.2 Å². The Bertz CT molecular complexity index is 843. The molecule has 1 radical (unpaired) electrons. The van der Waals surface area contributed by atoms with Gasteiger partial charge in [-0.25, -0.2) is 0 Å². The molecule has 0 saturated heterocycles. The predicted molar refractivity (Wildman–Crippen MR) is 104 cm³/mol. The summed E-state index contributed by atoms with van der Waals surface area (Å²) in [4.78, 5) is 1.20. The second-order valence-corrected chi connectivity index (χ2v) is 6.04. The summed E-state index contributed by atoms with van der Waals surface area (Å²) in [6.45, 7) is 0. The molecule has 0 fully saturated rings. The van der Waals surface area contributed by atoms with Crippen molar-refractivity contribution in [1.29, 1.82) is 0 Å². The summed E-state index contributed by atoms with van der Waals surface area (Å²) in [6.07, 6.45) is 2.05. The van der Waals surface area contributed by atoms with E-state index in [9.17, 15) is 0 Å². The van der Waals surface area contributed by atoms with E-state index in [0.717, 1.165) is 22.5 Å². The van der Waals surface area contributed by atoms with Crippen molar-refractivity contribution in [3.05, 3.63) is 36.4 Å². The van der Waals surface area contributed by atoms with Crippen molar-refractivity contribution < 1.29 is 14.2 Å². The number of aromatic nitrogens is 3. The largest absolute Gasteiger partial charge is 0.493 e. The number of rotatable bonds is 6. The van der Waals surface area contributed by atoms with Gasteiger partial charge in [-0.2, -0.15) is 15.4 Å². The van der Waals surface area contributed by atoms with Crippen molar-refractivity contribution in [3.63, 3.8) is 0 Å². The SMILES string of the molecule is COc1cc(-c2n[nH]nc2-c2ccc(SC)cc2)cc(OC)c1OC.[Na]. The van der Waals surface area contributed by atoms with Gasteiger partial charge in [0.05, 0.1) is 21.3 Å². The topological polar surface area (TPSA) is 69.3 Å². The molecule has 1 heterocycles. The van der Waals surface area contributed by atoms with Crippen molar-refractivity contribution >= 4 is 41.3 Å². The van der Waals surface area contributed by atoms with E-state index >= 15 is 0 Å². The average molecular weight is 380 g/mol. The molecule has 0 aliphatic heterocycles. The third kappa shape index (κ3) is 4.01. The summed E-state index contributed by atoms with van der Waals surface area (Å²) in [5.74, 6) is 1.69. The van der Waals surface area contributed by atoms with Crippen molar-refractivity contribution in [2.75, 3.05) is 27.6 Å². The number of nitrogens with zero attached hydrogens (tertiary/aromatic N) is 2. The van der Waals surface area contributed by atoms with E-state index in [1.165, 1.54) is 4.90 Å². The molecule has 0 bridgehead atoms. The number of hydrogen-bond acceptors (Lipinski definition) is 6. The Hall–Kier alpha value is -1.67. The maximum atomic E-state index is 5.43. The van der Waals surface area contributed by atoms with E-state index in [2.05, 4.69) is 27.5 Å². The Morgan fingerprint density at radius 2 is 1.35 bits per heavy atom. The molecular formula is C18H19N3NaO3S. The number of ether oxygens (including phenoxy) is 3. The van der Waals surface area contributed by atoms with Crippen LogP contribution in [0, 0.1) is 0 Å². The van der Waals surface area contributed by atoms with Crippen LogP contribution in [0.1, 0.15) is 0 Å². The van der Waals surface area contributed by atoms with Crippen LogP contribution in [0.3, 0.4) is 0 Å². The Kier molecular flexibility index (Phi) is 7.40. The molecule has 1 N–H and O–H groups in total. The fourth-order valence-electron chi connectivity index (χ4n) is 2.60. The molecule has 0 amide bonds. The molecule has 26 heavy (non-hydrogen) atoms. The van der Waals surface area contributed by atoms with E-state index in [0.29, 0.717) is 17.2 Å². The summed E-state index contributed by atoms with van der Waals surface area (Å²) in [5, 5.41) is 11.3. The van der Waals surface area contributed by atoms with Crippen LogP contribution in [0.15, 0.2) is 41.3 Å². The molecule has 6 nitrogen and oxygen atoms in total. The smallest absolute Gasteiger partial charge is 0.203 e. The number of thioether (sulfide) groups is 1. The van der Waals surface area contributed by atoms with Gasteiger partial charge >= 0.3 is 0 Å². The van der Waals surface area contributed by atoms with Crippen LogP contribution in [0.5, 0.6) is 17.2 Å². The molecule has 8 heteroatoms. The Labute approximate surface area is 178 Å². The third-order valence-electron chi connectivity index (χ3n) is 3.85. The average Bonchev–Trinajstić information content (AvgIpc) is 3.16. The molecule has 0 saturated carbocycles. The monoisotopic (exact) mass is 380 g/mol. The first kappa shape index (κ1) is 20.6. The van der Waals surface area contributed by atoms with Gasteiger partial charge in [-0.1, -0.05) is 12.1 Å². The van der Waals surface area contributed by atoms with E-state index in [1.807, 2.05) is 30.5 Å². The summed E-state index contributed by atoms with van der Waals surface area (Å²) in [7, 11) is 4.76. The fraction of sp³-hybridized carbons (Fsp3) is 0.222. The molecule has 0 aliphatic rings. The fourth-order valence-corrected chi connectivity index (χ4v) is 3.01. The van der Waals surface area contributed by atoms with Gasteiger partial charge in [-0.05, 0) is 30.5 Å². The summed E-state index contributed by atoms with van der Waals surface area (Å²) >= 11 is 1.70. The van der Waals surface area contributed by atoms with Gasteiger partial charge < -0.3 is 14.2 Å². The van der Waals surface area contributed by atoms with Crippen LogP contribution >= 0.6 is 11.8 Å². The minimum atomic E-state index is 0. The predicted octanol–water partition coefficient (Wildman–Crippen LogP) is 3.51. The molecule has 3 rings (SSSR count). The summed E-state index contributed by atoms with van der Waals surface area (Å²) in [6, 6.07) is 11.9. The first-order valence-electron chi connectivity index (χ1n) is 7.57. The zero-order valence-corrected chi connectivity index (χ0v) is 18.3. The van der Waals surface area contributed by atoms with Crippen molar-refractivity contribution in [2.45, 2.75) is 4.90 Å². The Morgan fingerprint density at radius 1 is 0.808 bits per heavy atom. The van der Waals surface area contributed by atoms with Crippen LogP contribution in [0.25, 0.3) is 22.5 Å². The third-order valence-corrected chi connectivity index (χ3v) is 4.59. The van der Waals surface area contributed by atoms with E-state index in [1.54, 1.807) is 33.1 Å². The molecule has 0 unspecified atom stereocenters. The number of aromatic amines is 1. The van der Waals surface area contributed by atoms with E-state index < -0.39 is 0 Å². The van der Waals surface area contributed by atoms with Gasteiger partial charge in [0, 0.05) is 45.6 Å². The van der Waals surface area contributed by atoms with E-state index in [4.69, 9.17) is 14.2 Å². The van der Waals surface area contributed by atoms with Crippen LogP contribution in [-0.4, -0.2) is 72.6 Å². The molecule has 0 aliphatic carbocycles. The van der Waals surface area contributed by atoms with Crippen molar-refractivity contribution in [3.8, 4) is 39.8 Å². The van der Waals surface area contributed by atoms with Crippen LogP contribution in [0.2, 0.25) is 0 Å². The van der Waals surface area contributed by atoms with Crippen LogP contribution in [-0.2, 0) is 0 Å². The number of nitrogens with one attached hydrogen (secondary N) is 1. The second kappa shape index (κ2) is 9.32. The number of hydrogen-bond donors (Lipinski definition) is 1. The number of methoxy groups -OCH3 is 3. The molecule has 2 aromatic carbocycles. The Morgan fingerprint density at radius 3 is 1.81 bits per heavy atom. The maximum absolute atomic E-state index is 5.43. The maximum Gasteiger partial charge on any atom is 0.203 e. The Balaban J connectivity index is 0.00000243. The quantitative estimate of drug-likeness (QED) is 0.521. The van der Waals surface area contributed by atoms with Crippen molar-refractivity contribution in [1.82, 2.24) is 15.4 Å². The molecule has 0 atom stereocenters. The van der Waals surface area contributed by atoms with Gasteiger partial charge in [0.2, 0.25) is 5.75 Å². The zero-order chi connectivity index (χ0) is 17.8. The number of H-pyrrole nitrogens is 1. The molecule has 0 spiro atoms.